The molecule has 0 spiro atoms. The highest BCUT2D eigenvalue weighted by Gasteiger charge is 2.34. The third-order valence-corrected chi connectivity index (χ3v) is 7.52. The first-order chi connectivity index (χ1) is 19.3. The minimum Gasteiger partial charge on any atom is -0.493 e. The Bertz CT molecular complexity index is 1320. The van der Waals surface area contributed by atoms with E-state index in [1.54, 1.807) is 35.7 Å². The van der Waals surface area contributed by atoms with Gasteiger partial charge in [-0.2, -0.15) is 0 Å². The third kappa shape index (κ3) is 7.00. The van der Waals surface area contributed by atoms with Crippen LogP contribution in [0.5, 0.6) is 11.5 Å². The number of ether oxygens (including phenoxy) is 3. The first kappa shape index (κ1) is 29.1. The number of carbonyl (C=O) groups is 3. The average Bonchev–Trinajstić information content (AvgIpc) is 3.67. The van der Waals surface area contributed by atoms with Gasteiger partial charge in [-0.1, -0.05) is 18.2 Å². The second-order valence-corrected chi connectivity index (χ2v) is 10.6. The molecule has 1 aliphatic heterocycles. The first-order valence-electron chi connectivity index (χ1n) is 13.1. The van der Waals surface area contributed by atoms with E-state index in [9.17, 15) is 14.4 Å². The van der Waals surface area contributed by atoms with E-state index in [0.717, 1.165) is 24.0 Å². The van der Waals surface area contributed by atoms with Crippen molar-refractivity contribution in [1.82, 2.24) is 10.6 Å². The summed E-state index contributed by atoms with van der Waals surface area (Å²) in [5.74, 6) is -0.246. The van der Waals surface area contributed by atoms with Crippen molar-refractivity contribution in [1.29, 1.82) is 0 Å². The van der Waals surface area contributed by atoms with Gasteiger partial charge in [0.1, 0.15) is 6.04 Å². The molecule has 0 aliphatic carbocycles. The standard InChI is InChI=1S/C30H35N3O6S/c1-19-13-20(2)15-22(14-19)33(27(34)18-32-29(35)26-8-6-12-40-26)28(30(36)31-17-23-7-5-11-39-23)21-9-10-24(37-3)25(16-21)38-4/h6,8-10,12-16,23,28H,5,7,11,17-18H2,1-4H3,(H,31,36)(H,32,35)/t23-,28-/m0/s1. The molecule has 1 fully saturated rings. The molecule has 0 saturated carbocycles. The highest BCUT2D eigenvalue weighted by Crippen LogP contribution is 2.35. The van der Waals surface area contributed by atoms with Gasteiger partial charge < -0.3 is 24.8 Å². The molecule has 212 valence electrons. The van der Waals surface area contributed by atoms with Crippen LogP contribution < -0.4 is 25.0 Å². The van der Waals surface area contributed by atoms with E-state index in [0.29, 0.717) is 40.8 Å². The fourth-order valence-corrected chi connectivity index (χ4v) is 5.46. The largest absolute Gasteiger partial charge is 0.493 e. The SMILES string of the molecule is COc1ccc([C@@H](C(=O)NC[C@@H]2CCCO2)N(C(=O)CNC(=O)c2cccs2)c2cc(C)cc(C)c2)cc1OC. The maximum absolute atomic E-state index is 14.0. The molecule has 1 aliphatic rings. The Balaban J connectivity index is 1.74. The van der Waals surface area contributed by atoms with Crippen molar-refractivity contribution in [3.8, 4) is 11.5 Å². The second-order valence-electron chi connectivity index (χ2n) is 9.67. The normalized spacial score (nSPS) is 15.2. The van der Waals surface area contributed by atoms with Gasteiger partial charge in [0.25, 0.3) is 5.91 Å². The van der Waals surface area contributed by atoms with Crippen LogP contribution in [-0.4, -0.2) is 57.7 Å². The number of benzene rings is 2. The summed E-state index contributed by atoms with van der Waals surface area (Å²) in [5, 5.41) is 7.50. The zero-order valence-electron chi connectivity index (χ0n) is 23.2. The molecule has 0 bridgehead atoms. The Hall–Kier alpha value is -3.89. The van der Waals surface area contributed by atoms with E-state index in [-0.39, 0.29) is 24.5 Å². The molecule has 1 aromatic heterocycles. The molecule has 4 rings (SSSR count). The summed E-state index contributed by atoms with van der Waals surface area (Å²) >= 11 is 1.29. The van der Waals surface area contributed by atoms with Crippen LogP contribution in [0.25, 0.3) is 0 Å². The van der Waals surface area contributed by atoms with Gasteiger partial charge in [0.05, 0.1) is 31.7 Å². The van der Waals surface area contributed by atoms with Crippen molar-refractivity contribution in [2.24, 2.45) is 0 Å². The predicted molar refractivity (Wildman–Crippen MR) is 154 cm³/mol. The molecule has 2 atom stereocenters. The van der Waals surface area contributed by atoms with Gasteiger partial charge in [0, 0.05) is 18.8 Å². The molecule has 1 saturated heterocycles. The number of methoxy groups -OCH3 is 2. The van der Waals surface area contributed by atoms with Gasteiger partial charge in [-0.25, -0.2) is 0 Å². The van der Waals surface area contributed by atoms with Crippen molar-refractivity contribution in [2.45, 2.75) is 38.8 Å². The van der Waals surface area contributed by atoms with Crippen LogP contribution in [0.15, 0.2) is 53.9 Å². The zero-order chi connectivity index (χ0) is 28.6. The van der Waals surface area contributed by atoms with Crippen molar-refractivity contribution in [2.75, 3.05) is 38.8 Å². The van der Waals surface area contributed by atoms with Gasteiger partial charge in [0.15, 0.2) is 11.5 Å². The number of amides is 3. The van der Waals surface area contributed by atoms with Crippen LogP contribution in [0.4, 0.5) is 5.69 Å². The first-order valence-corrected chi connectivity index (χ1v) is 14.0. The minimum absolute atomic E-state index is 0.0783. The van der Waals surface area contributed by atoms with Crippen LogP contribution in [0.2, 0.25) is 0 Å². The maximum atomic E-state index is 14.0. The Morgan fingerprint density at radius 2 is 1.77 bits per heavy atom. The van der Waals surface area contributed by atoms with E-state index >= 15 is 0 Å². The van der Waals surface area contributed by atoms with E-state index < -0.39 is 11.9 Å². The highest BCUT2D eigenvalue weighted by molar-refractivity contribution is 7.12. The van der Waals surface area contributed by atoms with Crippen molar-refractivity contribution >= 4 is 34.7 Å². The molecular formula is C30H35N3O6S. The smallest absolute Gasteiger partial charge is 0.261 e. The number of carbonyl (C=O) groups excluding carboxylic acids is 3. The van der Waals surface area contributed by atoms with Gasteiger partial charge in [0.2, 0.25) is 11.8 Å². The van der Waals surface area contributed by atoms with Crippen LogP contribution in [0.1, 0.15) is 45.2 Å². The zero-order valence-corrected chi connectivity index (χ0v) is 24.0. The lowest BCUT2D eigenvalue weighted by Gasteiger charge is -2.32. The number of aryl methyl sites for hydroxylation is 2. The second kappa shape index (κ2) is 13.5. The van der Waals surface area contributed by atoms with E-state index in [1.165, 1.54) is 30.5 Å². The minimum atomic E-state index is -1.06. The average molecular weight is 566 g/mol. The Morgan fingerprint density at radius 3 is 2.40 bits per heavy atom. The number of rotatable bonds is 11. The molecule has 2 aromatic carbocycles. The molecule has 0 unspecified atom stereocenters. The topological polar surface area (TPSA) is 106 Å². The van der Waals surface area contributed by atoms with Crippen molar-refractivity contribution < 1.29 is 28.6 Å². The summed E-state index contributed by atoms with van der Waals surface area (Å²) in [4.78, 5) is 42.5. The van der Waals surface area contributed by atoms with Gasteiger partial charge in [-0.15, -0.1) is 11.3 Å². The molecule has 2 heterocycles. The lowest BCUT2D eigenvalue weighted by Crippen LogP contribution is -2.48. The van der Waals surface area contributed by atoms with Gasteiger partial charge in [-0.3, -0.25) is 19.3 Å². The molecule has 3 aromatic rings. The van der Waals surface area contributed by atoms with Crippen molar-refractivity contribution in [3.05, 3.63) is 75.5 Å². The summed E-state index contributed by atoms with van der Waals surface area (Å²) < 4.78 is 16.6. The predicted octanol–water partition coefficient (Wildman–Crippen LogP) is 4.18. The van der Waals surface area contributed by atoms with E-state index in [1.807, 2.05) is 32.0 Å². The molecule has 40 heavy (non-hydrogen) atoms. The van der Waals surface area contributed by atoms with Crippen LogP contribution in [0.3, 0.4) is 0 Å². The number of nitrogens with zero attached hydrogens (tertiary/aromatic N) is 1. The number of hydrogen-bond donors (Lipinski definition) is 2. The molecule has 9 nitrogen and oxygen atoms in total. The third-order valence-electron chi connectivity index (χ3n) is 6.66. The van der Waals surface area contributed by atoms with Gasteiger partial charge >= 0.3 is 0 Å². The Morgan fingerprint density at radius 1 is 1.02 bits per heavy atom. The number of anilines is 1. The van der Waals surface area contributed by atoms with E-state index in [4.69, 9.17) is 14.2 Å². The molecular weight excluding hydrogens is 530 g/mol. The quantitative estimate of drug-likeness (QED) is 0.361. The summed E-state index contributed by atoms with van der Waals surface area (Å²) in [6.07, 6.45) is 1.72. The molecule has 2 N–H and O–H groups in total. The number of thiophene rings is 1. The van der Waals surface area contributed by atoms with Crippen LogP contribution >= 0.6 is 11.3 Å². The van der Waals surface area contributed by atoms with Crippen molar-refractivity contribution in [3.63, 3.8) is 0 Å². The Labute approximate surface area is 238 Å². The highest BCUT2D eigenvalue weighted by atomic mass is 32.1. The van der Waals surface area contributed by atoms with Gasteiger partial charge in [-0.05, 0) is 79.1 Å². The maximum Gasteiger partial charge on any atom is 0.261 e. The van der Waals surface area contributed by atoms with Crippen LogP contribution in [0, 0.1) is 13.8 Å². The molecule has 3 amide bonds. The lowest BCUT2D eigenvalue weighted by molar-refractivity contribution is -0.126. The fraction of sp³-hybridized carbons (Fsp3) is 0.367. The molecule has 0 radical (unpaired) electrons. The summed E-state index contributed by atoms with van der Waals surface area (Å²) in [6.45, 7) is 4.55. The number of hydrogen-bond acceptors (Lipinski definition) is 7. The summed E-state index contributed by atoms with van der Waals surface area (Å²) in [7, 11) is 3.05. The summed E-state index contributed by atoms with van der Waals surface area (Å²) in [5.41, 5.74) is 2.93. The lowest BCUT2D eigenvalue weighted by atomic mass is 10.0. The number of nitrogens with one attached hydrogen (secondary N) is 2. The summed E-state index contributed by atoms with van der Waals surface area (Å²) in [6, 6.07) is 13.2. The van der Waals surface area contributed by atoms with Crippen LogP contribution in [-0.2, 0) is 14.3 Å². The van der Waals surface area contributed by atoms with E-state index in [2.05, 4.69) is 10.6 Å². The fourth-order valence-electron chi connectivity index (χ4n) is 4.82. The monoisotopic (exact) mass is 565 g/mol. The Kier molecular flexibility index (Phi) is 9.79. The molecule has 10 heteroatoms.